The highest BCUT2D eigenvalue weighted by atomic mass is 32.2. The van der Waals surface area contributed by atoms with Gasteiger partial charge in [-0.3, -0.25) is 0 Å². The average molecular weight is 260 g/mol. The molecule has 0 radical (unpaired) electrons. The Bertz CT molecular complexity index is 499. The zero-order valence-electron chi connectivity index (χ0n) is 9.55. The predicted octanol–water partition coefficient (Wildman–Crippen LogP) is -0.804. The molecule has 0 saturated heterocycles. The van der Waals surface area contributed by atoms with Gasteiger partial charge in [0.2, 0.25) is 0 Å². The fourth-order valence-electron chi connectivity index (χ4n) is 1.82. The van der Waals surface area contributed by atoms with Gasteiger partial charge >= 0.3 is 0 Å². The molecule has 1 aliphatic rings. The third-order valence-electron chi connectivity index (χ3n) is 3.04. The van der Waals surface area contributed by atoms with E-state index in [1.54, 1.807) is 7.05 Å². The van der Waals surface area contributed by atoms with Gasteiger partial charge in [-0.15, -0.1) is 0 Å². The summed E-state index contributed by atoms with van der Waals surface area (Å²) in [6.07, 6.45) is 3.50. The van der Waals surface area contributed by atoms with Crippen molar-refractivity contribution in [2.24, 2.45) is 7.05 Å². The molecule has 0 aliphatic heterocycles. The van der Waals surface area contributed by atoms with Crippen molar-refractivity contribution >= 4 is 15.8 Å². The average Bonchev–Trinajstić information content (AvgIpc) is 2.53. The fraction of sp³-hybridized carbons (Fsp3) is 0.667. The van der Waals surface area contributed by atoms with Crippen LogP contribution in [-0.2, 0) is 17.1 Å². The smallest absolute Gasteiger partial charge is 0.260 e. The Balaban J connectivity index is 2.14. The van der Waals surface area contributed by atoms with Crippen LogP contribution in [0.15, 0.2) is 11.4 Å². The molecular formula is C9H16N4O3S. The van der Waals surface area contributed by atoms with Crippen LogP contribution >= 0.6 is 0 Å². The number of hydrogen-bond acceptors (Lipinski definition) is 5. The molecule has 0 bridgehead atoms. The fourth-order valence-corrected chi connectivity index (χ4v) is 3.17. The summed E-state index contributed by atoms with van der Waals surface area (Å²) in [5.41, 5.74) is 4.60. The summed E-state index contributed by atoms with van der Waals surface area (Å²) in [6, 6.07) is 0. The second-order valence-electron chi connectivity index (χ2n) is 4.45. The first-order valence-electron chi connectivity index (χ1n) is 5.33. The number of rotatable bonds is 4. The summed E-state index contributed by atoms with van der Waals surface area (Å²) >= 11 is 0. The lowest BCUT2D eigenvalue weighted by Crippen LogP contribution is -2.48. The van der Waals surface area contributed by atoms with E-state index in [9.17, 15) is 13.5 Å². The monoisotopic (exact) mass is 260 g/mol. The number of aryl methyl sites for hydroxylation is 1. The molecule has 0 amide bonds. The van der Waals surface area contributed by atoms with Crippen LogP contribution in [0.1, 0.15) is 19.3 Å². The van der Waals surface area contributed by atoms with Crippen molar-refractivity contribution < 1.29 is 13.5 Å². The number of nitrogen functional groups attached to an aromatic ring is 1. The molecule has 1 heterocycles. The third-order valence-corrected chi connectivity index (χ3v) is 4.57. The SMILES string of the molecule is Cn1cnc(N)c1S(=O)(=O)NCC1(O)CCC1. The van der Waals surface area contributed by atoms with Crippen LogP contribution in [-0.4, -0.2) is 35.2 Å². The maximum absolute atomic E-state index is 12.0. The molecule has 8 heteroatoms. The van der Waals surface area contributed by atoms with Crippen molar-refractivity contribution in [3.05, 3.63) is 6.33 Å². The van der Waals surface area contributed by atoms with Gasteiger partial charge in [-0.05, 0) is 19.3 Å². The van der Waals surface area contributed by atoms with Crippen molar-refractivity contribution in [1.29, 1.82) is 0 Å². The van der Waals surface area contributed by atoms with Gasteiger partial charge in [0.05, 0.1) is 11.9 Å². The van der Waals surface area contributed by atoms with E-state index in [-0.39, 0.29) is 17.4 Å². The molecule has 1 aromatic rings. The van der Waals surface area contributed by atoms with Crippen LogP contribution in [0.5, 0.6) is 0 Å². The Labute approximate surface area is 99.7 Å². The molecule has 4 N–H and O–H groups in total. The number of aromatic nitrogens is 2. The van der Waals surface area contributed by atoms with Crippen molar-refractivity contribution in [1.82, 2.24) is 14.3 Å². The van der Waals surface area contributed by atoms with Gasteiger partial charge in [0, 0.05) is 13.6 Å². The summed E-state index contributed by atoms with van der Waals surface area (Å²) in [6.45, 7) is 0.0138. The largest absolute Gasteiger partial charge is 0.389 e. The van der Waals surface area contributed by atoms with E-state index in [2.05, 4.69) is 9.71 Å². The van der Waals surface area contributed by atoms with Crippen LogP contribution in [0.3, 0.4) is 0 Å². The zero-order valence-corrected chi connectivity index (χ0v) is 10.4. The van der Waals surface area contributed by atoms with Gasteiger partial charge in [-0.1, -0.05) is 0 Å². The Kier molecular flexibility index (Phi) is 2.88. The molecule has 7 nitrogen and oxygen atoms in total. The molecule has 17 heavy (non-hydrogen) atoms. The number of aliphatic hydroxyl groups is 1. The van der Waals surface area contributed by atoms with Gasteiger partial charge in [0.1, 0.15) is 0 Å². The summed E-state index contributed by atoms with van der Waals surface area (Å²) in [5, 5.41) is 9.76. The van der Waals surface area contributed by atoms with Gasteiger partial charge in [0.25, 0.3) is 10.0 Å². The minimum Gasteiger partial charge on any atom is -0.389 e. The summed E-state index contributed by atoms with van der Waals surface area (Å²) in [4.78, 5) is 3.72. The molecule has 0 spiro atoms. The van der Waals surface area contributed by atoms with Crippen molar-refractivity contribution in [3.8, 4) is 0 Å². The highest BCUT2D eigenvalue weighted by molar-refractivity contribution is 7.89. The van der Waals surface area contributed by atoms with Crippen LogP contribution in [0.2, 0.25) is 0 Å². The number of hydrogen-bond donors (Lipinski definition) is 3. The molecule has 1 aromatic heterocycles. The van der Waals surface area contributed by atoms with Gasteiger partial charge in [0.15, 0.2) is 10.8 Å². The van der Waals surface area contributed by atoms with Crippen LogP contribution < -0.4 is 10.5 Å². The minimum absolute atomic E-state index is 0.0138. The van der Waals surface area contributed by atoms with Crippen LogP contribution in [0.4, 0.5) is 5.82 Å². The Morgan fingerprint density at radius 3 is 2.71 bits per heavy atom. The molecule has 1 saturated carbocycles. The third kappa shape index (κ3) is 2.28. The molecule has 0 atom stereocenters. The lowest BCUT2D eigenvalue weighted by molar-refractivity contribution is -0.0271. The number of nitrogens with zero attached hydrogens (tertiary/aromatic N) is 2. The molecule has 1 fully saturated rings. The van der Waals surface area contributed by atoms with E-state index in [0.29, 0.717) is 12.8 Å². The second-order valence-corrected chi connectivity index (χ2v) is 6.13. The normalized spacial score (nSPS) is 18.9. The quantitative estimate of drug-likeness (QED) is 0.656. The highest BCUT2D eigenvalue weighted by Crippen LogP contribution is 2.31. The van der Waals surface area contributed by atoms with Crippen molar-refractivity contribution in [2.45, 2.75) is 29.9 Å². The van der Waals surface area contributed by atoms with E-state index in [0.717, 1.165) is 6.42 Å². The van der Waals surface area contributed by atoms with E-state index in [1.807, 2.05) is 0 Å². The molecule has 0 aromatic carbocycles. The lowest BCUT2D eigenvalue weighted by Gasteiger charge is -2.36. The molecule has 0 unspecified atom stereocenters. The van der Waals surface area contributed by atoms with E-state index in [1.165, 1.54) is 10.9 Å². The number of sulfonamides is 1. The Hall–Kier alpha value is -1.12. The maximum atomic E-state index is 12.0. The molecule has 2 rings (SSSR count). The van der Waals surface area contributed by atoms with Crippen LogP contribution in [0, 0.1) is 0 Å². The number of nitrogens with two attached hydrogens (primary N) is 1. The number of imidazole rings is 1. The van der Waals surface area contributed by atoms with Crippen LogP contribution in [0.25, 0.3) is 0 Å². The Morgan fingerprint density at radius 1 is 1.65 bits per heavy atom. The first kappa shape index (κ1) is 12.3. The minimum atomic E-state index is -3.72. The van der Waals surface area contributed by atoms with E-state index >= 15 is 0 Å². The lowest BCUT2D eigenvalue weighted by atomic mass is 9.81. The van der Waals surface area contributed by atoms with E-state index in [4.69, 9.17) is 5.73 Å². The molecular weight excluding hydrogens is 244 g/mol. The maximum Gasteiger partial charge on any atom is 0.260 e. The standard InChI is InChI=1S/C9H16N4O3S/c1-13-6-11-7(10)8(13)17(15,16)12-5-9(14)3-2-4-9/h6,12,14H,2-5,10H2,1H3. The van der Waals surface area contributed by atoms with E-state index < -0.39 is 15.6 Å². The zero-order chi connectivity index (χ0) is 12.7. The summed E-state index contributed by atoms with van der Waals surface area (Å²) < 4.78 is 27.6. The predicted molar refractivity (Wildman–Crippen MR) is 61.6 cm³/mol. The van der Waals surface area contributed by atoms with Crippen molar-refractivity contribution in [3.63, 3.8) is 0 Å². The number of nitrogens with one attached hydrogen (secondary N) is 1. The van der Waals surface area contributed by atoms with Gasteiger partial charge in [-0.25, -0.2) is 18.1 Å². The van der Waals surface area contributed by atoms with Crippen molar-refractivity contribution in [2.75, 3.05) is 12.3 Å². The second kappa shape index (κ2) is 3.97. The topological polar surface area (TPSA) is 110 Å². The van der Waals surface area contributed by atoms with Gasteiger partial charge < -0.3 is 15.4 Å². The van der Waals surface area contributed by atoms with Gasteiger partial charge in [-0.2, -0.15) is 0 Å². The number of anilines is 1. The first-order chi connectivity index (χ1) is 7.84. The Morgan fingerprint density at radius 2 is 2.29 bits per heavy atom. The summed E-state index contributed by atoms with van der Waals surface area (Å²) in [5.74, 6) is -0.0411. The highest BCUT2D eigenvalue weighted by Gasteiger charge is 2.36. The summed E-state index contributed by atoms with van der Waals surface area (Å²) in [7, 11) is -2.17. The first-order valence-corrected chi connectivity index (χ1v) is 6.81. The molecule has 96 valence electrons. The molecule has 1 aliphatic carbocycles.